The van der Waals surface area contributed by atoms with Crippen molar-refractivity contribution in [3.05, 3.63) is 77.1 Å². The molecule has 162 valence electrons. The van der Waals surface area contributed by atoms with Crippen LogP contribution in [0.25, 0.3) is 22.0 Å². The smallest absolute Gasteiger partial charge is 0.234 e. The monoisotopic (exact) mass is 467 g/mol. The maximum absolute atomic E-state index is 13.3. The number of aromatic nitrogens is 2. The zero-order valence-electron chi connectivity index (χ0n) is 17.4. The Hall–Kier alpha value is -3.16. The minimum absolute atomic E-state index is 0.138. The minimum atomic E-state index is -0.309. The number of amides is 1. The molecule has 0 aliphatic heterocycles. The Morgan fingerprint density at radius 3 is 2.53 bits per heavy atom. The van der Waals surface area contributed by atoms with Crippen molar-refractivity contribution in [3.8, 4) is 17.0 Å². The second-order valence-electron chi connectivity index (χ2n) is 7.04. The van der Waals surface area contributed by atoms with Crippen molar-refractivity contribution >= 4 is 45.7 Å². The first-order valence-corrected chi connectivity index (χ1v) is 11.1. The van der Waals surface area contributed by atoms with E-state index < -0.39 is 0 Å². The molecule has 1 aromatic heterocycles. The maximum atomic E-state index is 13.3. The first kappa shape index (κ1) is 22.0. The zero-order valence-corrected chi connectivity index (χ0v) is 18.9. The number of ether oxygens (including phenoxy) is 1. The normalized spacial score (nSPS) is 10.9. The van der Waals surface area contributed by atoms with Gasteiger partial charge in [0.05, 0.1) is 18.6 Å². The van der Waals surface area contributed by atoms with E-state index >= 15 is 0 Å². The van der Waals surface area contributed by atoms with Gasteiger partial charge in [0.2, 0.25) is 5.91 Å². The summed E-state index contributed by atoms with van der Waals surface area (Å²) >= 11 is 7.42. The molecule has 0 bridgehead atoms. The molecule has 0 unspecified atom stereocenters. The Morgan fingerprint density at radius 1 is 1.09 bits per heavy atom. The van der Waals surface area contributed by atoms with Crippen molar-refractivity contribution in [1.82, 2.24) is 10.2 Å². The molecule has 4 aromatic rings. The molecule has 8 heteroatoms. The number of carbonyl (C=O) groups excluding carboxylic acids is 1. The van der Waals surface area contributed by atoms with Gasteiger partial charge in [0.15, 0.2) is 0 Å². The van der Waals surface area contributed by atoms with Gasteiger partial charge in [-0.1, -0.05) is 47.6 Å². The Morgan fingerprint density at radius 2 is 1.81 bits per heavy atom. The lowest BCUT2D eigenvalue weighted by Gasteiger charge is -2.12. The molecule has 1 heterocycles. The lowest BCUT2D eigenvalue weighted by Crippen LogP contribution is -2.15. The number of carbonyl (C=O) groups is 1. The summed E-state index contributed by atoms with van der Waals surface area (Å²) in [7, 11) is 1.52. The van der Waals surface area contributed by atoms with Gasteiger partial charge in [0, 0.05) is 27.4 Å². The largest absolute Gasteiger partial charge is 0.495 e. The number of nitrogens with zero attached hydrogens (tertiary/aromatic N) is 2. The Kier molecular flexibility index (Phi) is 6.58. The Labute approximate surface area is 194 Å². The summed E-state index contributed by atoms with van der Waals surface area (Å²) in [5.41, 5.74) is 2.83. The quantitative estimate of drug-likeness (QED) is 0.345. The van der Waals surface area contributed by atoms with E-state index in [9.17, 15) is 9.18 Å². The fourth-order valence-corrected chi connectivity index (χ4v) is 4.18. The molecule has 4 rings (SSSR count). The average Bonchev–Trinajstić information content (AvgIpc) is 2.80. The van der Waals surface area contributed by atoms with Gasteiger partial charge in [-0.15, -0.1) is 10.2 Å². The SMILES string of the molecule is COc1cc(Cl)c(C)cc1NC(=O)CSc1nnc(-c2ccc(F)cc2)c2ccccc12. The highest BCUT2D eigenvalue weighted by molar-refractivity contribution is 8.00. The number of anilines is 1. The van der Waals surface area contributed by atoms with Gasteiger partial charge in [0.1, 0.15) is 22.3 Å². The van der Waals surface area contributed by atoms with E-state index in [2.05, 4.69) is 15.5 Å². The van der Waals surface area contributed by atoms with E-state index in [4.69, 9.17) is 16.3 Å². The summed E-state index contributed by atoms with van der Waals surface area (Å²) in [5.74, 6) is 0.118. The molecular weight excluding hydrogens is 449 g/mol. The van der Waals surface area contributed by atoms with Crippen molar-refractivity contribution in [1.29, 1.82) is 0 Å². The van der Waals surface area contributed by atoms with Crippen LogP contribution < -0.4 is 10.1 Å². The highest BCUT2D eigenvalue weighted by atomic mass is 35.5. The summed E-state index contributed by atoms with van der Waals surface area (Å²) in [4.78, 5) is 12.6. The number of aryl methyl sites for hydroxylation is 1. The summed E-state index contributed by atoms with van der Waals surface area (Å²) in [6, 6.07) is 17.3. The molecule has 3 aromatic carbocycles. The molecule has 0 spiro atoms. The van der Waals surface area contributed by atoms with E-state index in [1.165, 1.54) is 31.0 Å². The molecule has 0 atom stereocenters. The van der Waals surface area contributed by atoms with Gasteiger partial charge >= 0.3 is 0 Å². The van der Waals surface area contributed by atoms with Crippen LogP contribution in [0.4, 0.5) is 10.1 Å². The fourth-order valence-electron chi connectivity index (χ4n) is 3.26. The van der Waals surface area contributed by atoms with Crippen LogP contribution in [0.3, 0.4) is 0 Å². The molecule has 0 aliphatic rings. The zero-order chi connectivity index (χ0) is 22.7. The minimum Gasteiger partial charge on any atom is -0.495 e. The first-order valence-electron chi connectivity index (χ1n) is 9.74. The fraction of sp³-hybridized carbons (Fsp3) is 0.125. The maximum Gasteiger partial charge on any atom is 0.234 e. The number of methoxy groups -OCH3 is 1. The van der Waals surface area contributed by atoms with Crippen molar-refractivity contribution in [2.75, 3.05) is 18.2 Å². The molecule has 1 N–H and O–H groups in total. The summed E-state index contributed by atoms with van der Waals surface area (Å²) in [5, 5.41) is 14.5. The third-order valence-electron chi connectivity index (χ3n) is 4.87. The topological polar surface area (TPSA) is 64.1 Å². The molecule has 32 heavy (non-hydrogen) atoms. The molecule has 1 amide bonds. The van der Waals surface area contributed by atoms with Crippen molar-refractivity contribution in [3.63, 3.8) is 0 Å². The van der Waals surface area contributed by atoms with E-state index in [1.807, 2.05) is 31.2 Å². The number of hydrogen-bond donors (Lipinski definition) is 1. The third kappa shape index (κ3) is 4.69. The van der Waals surface area contributed by atoms with E-state index in [-0.39, 0.29) is 17.5 Å². The van der Waals surface area contributed by atoms with Crippen LogP contribution in [-0.2, 0) is 4.79 Å². The lowest BCUT2D eigenvalue weighted by atomic mass is 10.1. The predicted molar refractivity (Wildman–Crippen MR) is 127 cm³/mol. The molecule has 0 fully saturated rings. The van der Waals surface area contributed by atoms with Crippen LogP contribution in [0.2, 0.25) is 5.02 Å². The Balaban J connectivity index is 1.55. The van der Waals surface area contributed by atoms with Gasteiger partial charge in [-0.3, -0.25) is 4.79 Å². The molecule has 5 nitrogen and oxygen atoms in total. The van der Waals surface area contributed by atoms with Crippen LogP contribution in [0.1, 0.15) is 5.56 Å². The van der Waals surface area contributed by atoms with Crippen LogP contribution >= 0.6 is 23.4 Å². The summed E-state index contributed by atoms with van der Waals surface area (Å²) < 4.78 is 18.6. The summed E-state index contributed by atoms with van der Waals surface area (Å²) in [6.07, 6.45) is 0. The number of fused-ring (bicyclic) bond motifs is 1. The van der Waals surface area contributed by atoms with E-state index in [1.54, 1.807) is 24.3 Å². The van der Waals surface area contributed by atoms with Crippen molar-refractivity contribution in [2.24, 2.45) is 0 Å². The van der Waals surface area contributed by atoms with E-state index in [0.717, 1.165) is 21.9 Å². The van der Waals surface area contributed by atoms with Crippen LogP contribution in [0.15, 0.2) is 65.7 Å². The number of benzene rings is 3. The highest BCUT2D eigenvalue weighted by Gasteiger charge is 2.15. The number of halogens is 2. The third-order valence-corrected chi connectivity index (χ3v) is 6.25. The first-order chi connectivity index (χ1) is 15.5. The number of thioether (sulfide) groups is 1. The average molecular weight is 468 g/mol. The summed E-state index contributed by atoms with van der Waals surface area (Å²) in [6.45, 7) is 1.86. The molecule has 0 radical (unpaired) electrons. The standard InChI is InChI=1S/C24H19ClFN3O2S/c1-14-11-20(21(31-2)12-19(14)25)27-22(30)13-32-24-18-6-4-3-5-17(18)23(28-29-24)15-7-9-16(26)10-8-15/h3-12H,13H2,1-2H3,(H,27,30). The molecular formula is C24H19ClFN3O2S. The highest BCUT2D eigenvalue weighted by Crippen LogP contribution is 2.33. The van der Waals surface area contributed by atoms with Gasteiger partial charge in [-0.05, 0) is 42.8 Å². The second kappa shape index (κ2) is 9.54. The van der Waals surface area contributed by atoms with Crippen LogP contribution in [0.5, 0.6) is 5.75 Å². The molecule has 0 saturated carbocycles. The van der Waals surface area contributed by atoms with E-state index in [0.29, 0.717) is 27.2 Å². The number of hydrogen-bond acceptors (Lipinski definition) is 5. The number of nitrogens with one attached hydrogen (secondary N) is 1. The van der Waals surface area contributed by atoms with Gasteiger partial charge in [-0.25, -0.2) is 4.39 Å². The van der Waals surface area contributed by atoms with Crippen molar-refractivity contribution in [2.45, 2.75) is 11.9 Å². The van der Waals surface area contributed by atoms with Crippen LogP contribution in [-0.4, -0.2) is 29.0 Å². The van der Waals surface area contributed by atoms with Gasteiger partial charge in [0.25, 0.3) is 0 Å². The number of rotatable bonds is 6. The molecule has 0 saturated heterocycles. The van der Waals surface area contributed by atoms with Gasteiger partial charge < -0.3 is 10.1 Å². The predicted octanol–water partition coefficient (Wildman–Crippen LogP) is 6.14. The second-order valence-corrected chi connectivity index (χ2v) is 8.42. The Bertz CT molecular complexity index is 1300. The van der Waals surface area contributed by atoms with Gasteiger partial charge in [-0.2, -0.15) is 0 Å². The lowest BCUT2D eigenvalue weighted by molar-refractivity contribution is -0.113. The van der Waals surface area contributed by atoms with Crippen molar-refractivity contribution < 1.29 is 13.9 Å². The van der Waals surface area contributed by atoms with Crippen LogP contribution in [0, 0.1) is 12.7 Å². The molecule has 0 aliphatic carbocycles.